The van der Waals surface area contributed by atoms with Crippen molar-refractivity contribution in [3.05, 3.63) is 0 Å². The maximum atomic E-state index is 12.4. The maximum absolute atomic E-state index is 12.4. The highest BCUT2D eigenvalue weighted by Gasteiger charge is 2.27. The quantitative estimate of drug-likeness (QED) is 0.847. The van der Waals surface area contributed by atoms with Gasteiger partial charge in [-0.25, -0.2) is 0 Å². The minimum atomic E-state index is 0.247. The van der Waals surface area contributed by atoms with Crippen LogP contribution in [-0.2, 0) is 9.53 Å². The molecule has 0 spiro atoms. The summed E-state index contributed by atoms with van der Waals surface area (Å²) in [5.41, 5.74) is 6.00. The van der Waals surface area contributed by atoms with Crippen LogP contribution in [0.25, 0.3) is 0 Å². The Morgan fingerprint density at radius 2 is 2.16 bits per heavy atom. The third kappa shape index (κ3) is 4.46. The summed E-state index contributed by atoms with van der Waals surface area (Å²) in [5.74, 6) is 0.812. The number of likely N-dealkylation sites (tertiary alicyclic amines) is 1. The fourth-order valence-corrected chi connectivity index (χ4v) is 3.43. The molecule has 4 heteroatoms. The third-order valence-electron chi connectivity index (χ3n) is 4.42. The Morgan fingerprint density at radius 3 is 2.89 bits per heavy atom. The van der Waals surface area contributed by atoms with E-state index in [2.05, 4.69) is 0 Å². The first kappa shape index (κ1) is 14.8. The SMILES string of the molecule is CCOC1CCCN(C(=O)CC2CCCC(N)C2)C1. The first-order chi connectivity index (χ1) is 9.19. The molecule has 1 aliphatic carbocycles. The molecule has 0 radical (unpaired) electrons. The average molecular weight is 268 g/mol. The number of carbonyl (C=O) groups excluding carboxylic acids is 1. The van der Waals surface area contributed by atoms with Crippen molar-refractivity contribution in [1.29, 1.82) is 0 Å². The van der Waals surface area contributed by atoms with E-state index in [0.29, 0.717) is 24.3 Å². The number of nitrogens with zero attached hydrogens (tertiary/aromatic N) is 1. The summed E-state index contributed by atoms with van der Waals surface area (Å²) in [6.45, 7) is 4.45. The van der Waals surface area contributed by atoms with Crippen LogP contribution in [0.4, 0.5) is 0 Å². The molecule has 0 bridgehead atoms. The zero-order valence-electron chi connectivity index (χ0n) is 12.1. The highest BCUT2D eigenvalue weighted by atomic mass is 16.5. The zero-order valence-corrected chi connectivity index (χ0v) is 12.1. The fourth-order valence-electron chi connectivity index (χ4n) is 3.43. The Labute approximate surface area is 116 Å². The number of piperidine rings is 1. The normalized spacial score (nSPS) is 32.3. The van der Waals surface area contributed by atoms with Crippen LogP contribution >= 0.6 is 0 Å². The van der Waals surface area contributed by atoms with Crippen LogP contribution in [0, 0.1) is 5.92 Å². The lowest BCUT2D eigenvalue weighted by molar-refractivity contribution is -0.136. The number of hydrogen-bond acceptors (Lipinski definition) is 3. The van der Waals surface area contributed by atoms with Gasteiger partial charge in [0.15, 0.2) is 0 Å². The van der Waals surface area contributed by atoms with E-state index in [1.807, 2.05) is 11.8 Å². The fraction of sp³-hybridized carbons (Fsp3) is 0.933. The molecule has 1 heterocycles. The number of carbonyl (C=O) groups is 1. The first-order valence-corrected chi connectivity index (χ1v) is 7.84. The lowest BCUT2D eigenvalue weighted by Crippen LogP contribution is -2.44. The Balaban J connectivity index is 1.78. The molecule has 0 aromatic carbocycles. The van der Waals surface area contributed by atoms with Crippen molar-refractivity contribution in [1.82, 2.24) is 4.90 Å². The monoisotopic (exact) mass is 268 g/mol. The van der Waals surface area contributed by atoms with Gasteiger partial charge in [-0.05, 0) is 44.9 Å². The summed E-state index contributed by atoms with van der Waals surface area (Å²) in [7, 11) is 0. The van der Waals surface area contributed by atoms with Gasteiger partial charge >= 0.3 is 0 Å². The van der Waals surface area contributed by atoms with Crippen LogP contribution in [0.1, 0.15) is 51.9 Å². The smallest absolute Gasteiger partial charge is 0.222 e. The summed E-state index contributed by atoms with van der Waals surface area (Å²) in [4.78, 5) is 14.4. The van der Waals surface area contributed by atoms with Gasteiger partial charge in [-0.1, -0.05) is 6.42 Å². The van der Waals surface area contributed by atoms with Gasteiger partial charge in [-0.3, -0.25) is 4.79 Å². The molecule has 1 amide bonds. The van der Waals surface area contributed by atoms with Gasteiger partial charge in [0.25, 0.3) is 0 Å². The molecule has 3 unspecified atom stereocenters. The lowest BCUT2D eigenvalue weighted by Gasteiger charge is -2.34. The van der Waals surface area contributed by atoms with E-state index in [-0.39, 0.29) is 6.10 Å². The summed E-state index contributed by atoms with van der Waals surface area (Å²) in [6, 6.07) is 0.309. The van der Waals surface area contributed by atoms with Crippen molar-refractivity contribution >= 4 is 5.91 Å². The maximum Gasteiger partial charge on any atom is 0.222 e. The Kier molecular flexibility index (Phi) is 5.64. The lowest BCUT2D eigenvalue weighted by atomic mass is 9.84. The third-order valence-corrected chi connectivity index (χ3v) is 4.42. The molecular formula is C15H28N2O2. The molecule has 110 valence electrons. The van der Waals surface area contributed by atoms with Crippen molar-refractivity contribution in [2.45, 2.75) is 64.0 Å². The van der Waals surface area contributed by atoms with E-state index >= 15 is 0 Å². The van der Waals surface area contributed by atoms with Gasteiger partial charge in [-0.15, -0.1) is 0 Å². The van der Waals surface area contributed by atoms with Crippen LogP contribution in [0.3, 0.4) is 0 Å². The topological polar surface area (TPSA) is 55.6 Å². The first-order valence-electron chi connectivity index (χ1n) is 7.84. The van der Waals surface area contributed by atoms with Crippen LogP contribution in [0.2, 0.25) is 0 Å². The van der Waals surface area contributed by atoms with E-state index in [4.69, 9.17) is 10.5 Å². The van der Waals surface area contributed by atoms with Gasteiger partial charge in [-0.2, -0.15) is 0 Å². The molecule has 1 saturated carbocycles. The largest absolute Gasteiger partial charge is 0.377 e. The highest BCUT2D eigenvalue weighted by Crippen LogP contribution is 2.27. The molecule has 19 heavy (non-hydrogen) atoms. The van der Waals surface area contributed by atoms with E-state index in [1.165, 1.54) is 12.8 Å². The number of nitrogens with two attached hydrogens (primary N) is 1. The summed E-state index contributed by atoms with van der Waals surface area (Å²) in [5, 5.41) is 0. The molecule has 4 nitrogen and oxygen atoms in total. The molecule has 2 N–H and O–H groups in total. The Morgan fingerprint density at radius 1 is 1.32 bits per heavy atom. The summed E-state index contributed by atoms with van der Waals surface area (Å²) in [6.07, 6.45) is 7.59. The molecule has 2 fully saturated rings. The number of hydrogen-bond donors (Lipinski definition) is 1. The minimum absolute atomic E-state index is 0.247. The van der Waals surface area contributed by atoms with E-state index in [0.717, 1.165) is 45.4 Å². The number of amides is 1. The molecule has 1 aliphatic heterocycles. The number of rotatable bonds is 4. The molecule has 2 aliphatic rings. The Bertz CT molecular complexity index is 294. The van der Waals surface area contributed by atoms with Gasteiger partial charge in [0, 0.05) is 32.2 Å². The van der Waals surface area contributed by atoms with Crippen molar-refractivity contribution in [2.24, 2.45) is 11.7 Å². The zero-order chi connectivity index (χ0) is 13.7. The molecule has 2 rings (SSSR count). The number of ether oxygens (including phenoxy) is 1. The standard InChI is InChI=1S/C15H28N2O2/c1-2-19-14-7-4-8-17(11-14)15(18)10-12-5-3-6-13(16)9-12/h12-14H,2-11,16H2,1H3. The molecule has 3 atom stereocenters. The van der Waals surface area contributed by atoms with Crippen molar-refractivity contribution in [2.75, 3.05) is 19.7 Å². The van der Waals surface area contributed by atoms with Gasteiger partial charge in [0.2, 0.25) is 5.91 Å². The van der Waals surface area contributed by atoms with Crippen molar-refractivity contribution < 1.29 is 9.53 Å². The van der Waals surface area contributed by atoms with Crippen LogP contribution in [-0.4, -0.2) is 42.6 Å². The second-order valence-corrected chi connectivity index (χ2v) is 6.06. The van der Waals surface area contributed by atoms with Crippen molar-refractivity contribution in [3.8, 4) is 0 Å². The predicted molar refractivity (Wildman–Crippen MR) is 75.8 cm³/mol. The van der Waals surface area contributed by atoms with Crippen LogP contribution in [0.5, 0.6) is 0 Å². The van der Waals surface area contributed by atoms with E-state index in [9.17, 15) is 4.79 Å². The molecular weight excluding hydrogens is 240 g/mol. The predicted octanol–water partition coefficient (Wildman–Crippen LogP) is 1.92. The molecule has 0 aromatic heterocycles. The van der Waals surface area contributed by atoms with Gasteiger partial charge < -0.3 is 15.4 Å². The second kappa shape index (κ2) is 7.25. The highest BCUT2D eigenvalue weighted by molar-refractivity contribution is 5.76. The molecule has 0 aromatic rings. The molecule has 1 saturated heterocycles. The van der Waals surface area contributed by atoms with Gasteiger partial charge in [0.1, 0.15) is 0 Å². The van der Waals surface area contributed by atoms with Gasteiger partial charge in [0.05, 0.1) is 6.10 Å². The van der Waals surface area contributed by atoms with Crippen LogP contribution < -0.4 is 5.73 Å². The van der Waals surface area contributed by atoms with E-state index < -0.39 is 0 Å². The van der Waals surface area contributed by atoms with Crippen molar-refractivity contribution in [3.63, 3.8) is 0 Å². The van der Waals surface area contributed by atoms with E-state index in [1.54, 1.807) is 0 Å². The summed E-state index contributed by atoms with van der Waals surface area (Å²) < 4.78 is 5.66. The van der Waals surface area contributed by atoms with Crippen LogP contribution in [0.15, 0.2) is 0 Å². The minimum Gasteiger partial charge on any atom is -0.377 e. The Hall–Kier alpha value is -0.610. The summed E-state index contributed by atoms with van der Waals surface area (Å²) >= 11 is 0. The average Bonchev–Trinajstić information content (AvgIpc) is 2.39. The second-order valence-electron chi connectivity index (χ2n) is 6.06.